The maximum atomic E-state index is 12.0. The summed E-state index contributed by atoms with van der Waals surface area (Å²) in [5, 5.41) is 8.66. The molecule has 1 unspecified atom stereocenters. The largest absolute Gasteiger partial charge is 0.354 e. The van der Waals surface area contributed by atoms with Crippen LogP contribution in [0.15, 0.2) is 4.99 Å². The maximum Gasteiger partial charge on any atom is 0.322 e. The van der Waals surface area contributed by atoms with Crippen LogP contribution in [0.2, 0.25) is 0 Å². The van der Waals surface area contributed by atoms with Crippen LogP contribution in [-0.4, -0.2) is 54.5 Å². The zero-order valence-corrected chi connectivity index (χ0v) is 16.1. The van der Waals surface area contributed by atoms with Gasteiger partial charge in [-0.15, -0.1) is 24.0 Å². The van der Waals surface area contributed by atoms with Gasteiger partial charge < -0.3 is 15.5 Å². The summed E-state index contributed by atoms with van der Waals surface area (Å²) >= 11 is 0. The fourth-order valence-electron chi connectivity index (χ4n) is 3.55. The number of hydrogen-bond acceptors (Lipinski definition) is 3. The summed E-state index contributed by atoms with van der Waals surface area (Å²) in [5.74, 6) is 0.929. The van der Waals surface area contributed by atoms with Gasteiger partial charge in [-0.1, -0.05) is 0 Å². The second-order valence-corrected chi connectivity index (χ2v) is 6.69. The molecule has 23 heavy (non-hydrogen) atoms. The van der Waals surface area contributed by atoms with Gasteiger partial charge in [0.05, 0.1) is 0 Å². The highest BCUT2D eigenvalue weighted by Crippen LogP contribution is 2.30. The summed E-state index contributed by atoms with van der Waals surface area (Å²) in [7, 11) is 1.82. The van der Waals surface area contributed by atoms with Crippen molar-refractivity contribution in [2.24, 2.45) is 10.9 Å². The molecule has 0 aromatic rings. The molecular formula is C15H26IN5O2. The van der Waals surface area contributed by atoms with Crippen LogP contribution in [0.4, 0.5) is 4.79 Å². The molecule has 3 fully saturated rings. The number of carbonyl (C=O) groups excluding carboxylic acids is 2. The number of halogens is 1. The van der Waals surface area contributed by atoms with Crippen LogP contribution < -0.4 is 16.0 Å². The molecule has 0 aromatic heterocycles. The number of aliphatic imine (C=N–C) groups is 1. The first-order valence-electron chi connectivity index (χ1n) is 8.15. The Hall–Kier alpha value is -1.06. The van der Waals surface area contributed by atoms with Crippen LogP contribution in [-0.2, 0) is 4.79 Å². The van der Waals surface area contributed by atoms with E-state index in [1.54, 1.807) is 0 Å². The number of nitrogens with zero attached hydrogens (tertiary/aromatic N) is 2. The zero-order valence-electron chi connectivity index (χ0n) is 13.7. The van der Waals surface area contributed by atoms with Gasteiger partial charge in [-0.3, -0.25) is 15.1 Å². The predicted molar refractivity (Wildman–Crippen MR) is 98.9 cm³/mol. The van der Waals surface area contributed by atoms with Crippen molar-refractivity contribution in [1.82, 2.24) is 20.9 Å². The maximum absolute atomic E-state index is 12.0. The topological polar surface area (TPSA) is 85.8 Å². The Bertz CT molecular complexity index is 500. The second kappa shape index (κ2) is 7.23. The molecule has 2 saturated heterocycles. The Labute approximate surface area is 154 Å². The van der Waals surface area contributed by atoms with Crippen molar-refractivity contribution in [1.29, 1.82) is 0 Å². The quantitative estimate of drug-likeness (QED) is 0.262. The van der Waals surface area contributed by atoms with E-state index in [4.69, 9.17) is 0 Å². The van der Waals surface area contributed by atoms with Crippen molar-refractivity contribution < 1.29 is 9.59 Å². The van der Waals surface area contributed by atoms with Crippen molar-refractivity contribution >= 4 is 41.9 Å². The normalized spacial score (nSPS) is 29.5. The Morgan fingerprint density at radius 3 is 2.35 bits per heavy atom. The van der Waals surface area contributed by atoms with E-state index < -0.39 is 5.54 Å². The fourth-order valence-corrected chi connectivity index (χ4v) is 3.55. The number of imide groups is 1. The van der Waals surface area contributed by atoms with Gasteiger partial charge in [0, 0.05) is 26.2 Å². The number of hydrogen-bond donors (Lipinski definition) is 3. The van der Waals surface area contributed by atoms with Crippen LogP contribution in [0, 0.1) is 5.92 Å². The lowest BCUT2D eigenvalue weighted by molar-refractivity contribution is -0.125. The molecular weight excluding hydrogens is 409 g/mol. The third-order valence-electron chi connectivity index (χ3n) is 5.33. The van der Waals surface area contributed by atoms with Gasteiger partial charge in [-0.2, -0.15) is 0 Å². The highest BCUT2D eigenvalue weighted by atomic mass is 127. The van der Waals surface area contributed by atoms with E-state index in [-0.39, 0.29) is 41.8 Å². The van der Waals surface area contributed by atoms with Gasteiger partial charge in [0.1, 0.15) is 5.54 Å². The standard InChI is InChI=1S/C15H25N5O2.HI/c1-15(12(21)18-14(22)19-15)10-6-8-20(9-7-10)13(16-2)17-11-4-3-5-11;/h10-11H,3-9H2,1-2H3,(H,16,17)(H2,18,19,21,22);1H. The molecule has 7 nitrogen and oxygen atoms in total. The minimum atomic E-state index is -0.770. The average Bonchev–Trinajstić information content (AvgIpc) is 2.72. The molecule has 0 aromatic carbocycles. The Morgan fingerprint density at radius 2 is 1.91 bits per heavy atom. The highest BCUT2D eigenvalue weighted by molar-refractivity contribution is 14.0. The summed E-state index contributed by atoms with van der Waals surface area (Å²) in [6, 6.07) is 0.186. The molecule has 0 radical (unpaired) electrons. The van der Waals surface area contributed by atoms with Crippen molar-refractivity contribution in [2.45, 2.75) is 50.6 Å². The van der Waals surface area contributed by atoms with Crippen molar-refractivity contribution in [2.75, 3.05) is 20.1 Å². The van der Waals surface area contributed by atoms with E-state index in [0.29, 0.717) is 6.04 Å². The number of carbonyl (C=O) groups is 2. The number of amides is 3. The minimum absolute atomic E-state index is 0. The average molecular weight is 435 g/mol. The van der Waals surface area contributed by atoms with Crippen LogP contribution >= 0.6 is 24.0 Å². The molecule has 1 atom stereocenters. The number of piperidine rings is 1. The smallest absolute Gasteiger partial charge is 0.322 e. The van der Waals surface area contributed by atoms with E-state index in [2.05, 4.69) is 25.8 Å². The summed E-state index contributed by atoms with van der Waals surface area (Å²) in [5.41, 5.74) is -0.770. The van der Waals surface area contributed by atoms with Crippen molar-refractivity contribution in [3.63, 3.8) is 0 Å². The summed E-state index contributed by atoms with van der Waals surface area (Å²) in [6.45, 7) is 3.54. The van der Waals surface area contributed by atoms with Gasteiger partial charge in [0.15, 0.2) is 5.96 Å². The number of nitrogens with one attached hydrogen (secondary N) is 3. The molecule has 1 aliphatic carbocycles. The Kier molecular flexibility index (Phi) is 5.74. The first-order chi connectivity index (χ1) is 10.5. The molecule has 2 aliphatic heterocycles. The van der Waals surface area contributed by atoms with E-state index >= 15 is 0 Å². The monoisotopic (exact) mass is 435 g/mol. The first kappa shape index (κ1) is 18.3. The first-order valence-corrected chi connectivity index (χ1v) is 8.15. The van der Waals surface area contributed by atoms with E-state index in [9.17, 15) is 9.59 Å². The molecule has 8 heteroatoms. The van der Waals surface area contributed by atoms with Gasteiger partial charge in [-0.25, -0.2) is 4.79 Å². The molecule has 3 amide bonds. The number of urea groups is 1. The zero-order chi connectivity index (χ0) is 15.7. The molecule has 3 aliphatic rings. The fraction of sp³-hybridized carbons (Fsp3) is 0.800. The predicted octanol–water partition coefficient (Wildman–Crippen LogP) is 1.04. The van der Waals surface area contributed by atoms with Gasteiger partial charge in [0.2, 0.25) is 0 Å². The molecule has 0 bridgehead atoms. The van der Waals surface area contributed by atoms with E-state index in [1.165, 1.54) is 19.3 Å². The lowest BCUT2D eigenvalue weighted by Gasteiger charge is -2.41. The third-order valence-corrected chi connectivity index (χ3v) is 5.33. The SMILES string of the molecule is CN=C(NC1CCC1)N1CCC(C2(C)NC(=O)NC2=O)CC1.I. The summed E-state index contributed by atoms with van der Waals surface area (Å²) in [6.07, 6.45) is 5.48. The molecule has 3 rings (SSSR count). The number of guanidine groups is 1. The van der Waals surface area contributed by atoms with Crippen molar-refractivity contribution in [3.05, 3.63) is 0 Å². The second-order valence-electron chi connectivity index (χ2n) is 6.69. The molecule has 1 saturated carbocycles. The van der Waals surface area contributed by atoms with Gasteiger partial charge >= 0.3 is 6.03 Å². The Morgan fingerprint density at radius 1 is 1.26 bits per heavy atom. The lowest BCUT2D eigenvalue weighted by atomic mass is 9.79. The Balaban J connectivity index is 0.00000192. The third kappa shape index (κ3) is 3.56. The number of rotatable bonds is 2. The molecule has 0 spiro atoms. The van der Waals surface area contributed by atoms with Crippen LogP contribution in [0.25, 0.3) is 0 Å². The number of likely N-dealkylation sites (tertiary alicyclic amines) is 1. The molecule has 3 N–H and O–H groups in total. The summed E-state index contributed by atoms with van der Waals surface area (Å²) < 4.78 is 0. The van der Waals surface area contributed by atoms with Crippen LogP contribution in [0.1, 0.15) is 39.0 Å². The van der Waals surface area contributed by atoms with Crippen molar-refractivity contribution in [3.8, 4) is 0 Å². The van der Waals surface area contributed by atoms with E-state index in [1.807, 2.05) is 14.0 Å². The van der Waals surface area contributed by atoms with E-state index in [0.717, 1.165) is 31.9 Å². The van der Waals surface area contributed by atoms with Gasteiger partial charge in [0.25, 0.3) is 5.91 Å². The highest BCUT2D eigenvalue weighted by Gasteiger charge is 2.48. The van der Waals surface area contributed by atoms with Crippen LogP contribution in [0.3, 0.4) is 0 Å². The molecule has 130 valence electrons. The molecule has 2 heterocycles. The van der Waals surface area contributed by atoms with Gasteiger partial charge in [-0.05, 0) is 44.9 Å². The minimum Gasteiger partial charge on any atom is -0.354 e. The van der Waals surface area contributed by atoms with Crippen LogP contribution in [0.5, 0.6) is 0 Å². The summed E-state index contributed by atoms with van der Waals surface area (Å²) in [4.78, 5) is 30.1. The lowest BCUT2D eigenvalue weighted by Crippen LogP contribution is -2.56.